The van der Waals surface area contributed by atoms with Crippen LogP contribution in [0.1, 0.15) is 55.3 Å². The normalized spacial score (nSPS) is 33.8. The van der Waals surface area contributed by atoms with E-state index < -0.39 is 0 Å². The van der Waals surface area contributed by atoms with E-state index in [1.54, 1.807) is 10.9 Å². The maximum absolute atomic E-state index is 13.1. The summed E-state index contributed by atoms with van der Waals surface area (Å²) in [6.07, 6.45) is 16.8. The Morgan fingerprint density at radius 1 is 1.22 bits per heavy atom. The van der Waals surface area contributed by atoms with E-state index in [0.717, 1.165) is 24.7 Å². The molecule has 4 saturated carbocycles. The first-order valence-electron chi connectivity index (χ1n) is 10.5. The molecule has 144 valence electrons. The van der Waals surface area contributed by atoms with Crippen molar-refractivity contribution in [3.05, 3.63) is 35.6 Å². The van der Waals surface area contributed by atoms with E-state index in [9.17, 15) is 4.79 Å². The van der Waals surface area contributed by atoms with E-state index in [1.165, 1.54) is 37.7 Å². The van der Waals surface area contributed by atoms with E-state index in [4.69, 9.17) is 4.74 Å². The van der Waals surface area contributed by atoms with Gasteiger partial charge in [-0.3, -0.25) is 9.48 Å². The quantitative estimate of drug-likeness (QED) is 0.865. The van der Waals surface area contributed by atoms with E-state index in [0.29, 0.717) is 35.9 Å². The number of allylic oxidation sites excluding steroid dienone is 3. The Morgan fingerprint density at radius 3 is 2.63 bits per heavy atom. The fraction of sp³-hybridized carbons (Fsp3) is 0.636. The van der Waals surface area contributed by atoms with Crippen LogP contribution in [-0.2, 0) is 7.05 Å². The van der Waals surface area contributed by atoms with Gasteiger partial charge in [-0.2, -0.15) is 0 Å². The SMILES string of the molecule is Cn1cc(C(=O)NC2C3CC4CC(C3)CC2C4)c(OCC2=CC=CCC2)n1. The molecule has 0 unspecified atom stereocenters. The summed E-state index contributed by atoms with van der Waals surface area (Å²) in [5, 5.41) is 7.76. The van der Waals surface area contributed by atoms with Crippen LogP contribution in [-0.4, -0.2) is 28.3 Å². The number of hydrogen-bond donors (Lipinski definition) is 1. The van der Waals surface area contributed by atoms with Gasteiger partial charge in [0, 0.05) is 19.3 Å². The van der Waals surface area contributed by atoms with Gasteiger partial charge in [-0.1, -0.05) is 18.2 Å². The van der Waals surface area contributed by atoms with E-state index in [-0.39, 0.29) is 5.91 Å². The number of nitrogens with one attached hydrogen (secondary N) is 1. The minimum absolute atomic E-state index is 0.0203. The third kappa shape index (κ3) is 3.32. The van der Waals surface area contributed by atoms with Gasteiger partial charge in [0.05, 0.1) is 0 Å². The second-order valence-corrected chi connectivity index (χ2v) is 9.03. The minimum Gasteiger partial charge on any atom is -0.472 e. The number of carbonyl (C=O) groups excluding carboxylic acids is 1. The summed E-state index contributed by atoms with van der Waals surface area (Å²) in [5.74, 6) is 3.60. The van der Waals surface area contributed by atoms with Crippen LogP contribution in [0.2, 0.25) is 0 Å². The first-order valence-corrected chi connectivity index (χ1v) is 10.5. The Labute approximate surface area is 160 Å². The topological polar surface area (TPSA) is 56.2 Å². The van der Waals surface area contributed by atoms with Crippen LogP contribution in [0.4, 0.5) is 0 Å². The lowest BCUT2D eigenvalue weighted by atomic mass is 9.54. The molecule has 5 aliphatic rings. The summed E-state index contributed by atoms with van der Waals surface area (Å²) in [6.45, 7) is 0.500. The van der Waals surface area contributed by atoms with Crippen molar-refractivity contribution >= 4 is 5.91 Å². The van der Waals surface area contributed by atoms with Gasteiger partial charge in [0.1, 0.15) is 12.2 Å². The van der Waals surface area contributed by atoms with Crippen molar-refractivity contribution in [2.75, 3.05) is 6.61 Å². The smallest absolute Gasteiger partial charge is 0.258 e. The van der Waals surface area contributed by atoms with Crippen LogP contribution in [0.3, 0.4) is 0 Å². The molecule has 0 radical (unpaired) electrons. The monoisotopic (exact) mass is 367 g/mol. The van der Waals surface area contributed by atoms with Gasteiger partial charge in [-0.25, -0.2) is 0 Å². The number of nitrogens with zero attached hydrogens (tertiary/aromatic N) is 2. The summed E-state index contributed by atoms with van der Waals surface area (Å²) in [4.78, 5) is 13.1. The van der Waals surface area contributed by atoms with Crippen LogP contribution < -0.4 is 10.1 Å². The molecule has 1 aromatic heterocycles. The van der Waals surface area contributed by atoms with Crippen LogP contribution in [0.5, 0.6) is 5.88 Å². The molecular weight excluding hydrogens is 338 g/mol. The molecule has 4 fully saturated rings. The lowest BCUT2D eigenvalue weighted by Gasteiger charge is -2.54. The van der Waals surface area contributed by atoms with E-state index in [2.05, 4.69) is 28.6 Å². The first-order chi connectivity index (χ1) is 13.2. The fourth-order valence-corrected chi connectivity index (χ4v) is 6.05. The standard InChI is InChI=1S/C22H29N3O2/c1-25-12-19(22(24-25)27-13-14-5-3-2-4-6-14)21(26)23-20-17-8-15-7-16(10-17)11-18(20)9-15/h2-3,5,12,15-18,20H,4,6-11,13H2,1H3,(H,23,26). The summed E-state index contributed by atoms with van der Waals surface area (Å²) in [5.41, 5.74) is 1.81. The molecule has 27 heavy (non-hydrogen) atoms. The lowest BCUT2D eigenvalue weighted by Crippen LogP contribution is -2.55. The van der Waals surface area contributed by atoms with E-state index in [1.807, 2.05) is 7.05 Å². The molecule has 1 heterocycles. The largest absolute Gasteiger partial charge is 0.472 e. The first kappa shape index (κ1) is 17.1. The number of ether oxygens (including phenoxy) is 1. The fourth-order valence-electron chi connectivity index (χ4n) is 6.05. The maximum Gasteiger partial charge on any atom is 0.258 e. The predicted molar refractivity (Wildman–Crippen MR) is 103 cm³/mol. The molecule has 6 rings (SSSR count). The van der Waals surface area contributed by atoms with Crippen LogP contribution in [0.15, 0.2) is 30.0 Å². The Morgan fingerprint density at radius 2 is 1.96 bits per heavy atom. The number of hydrogen-bond acceptors (Lipinski definition) is 3. The summed E-state index contributed by atoms with van der Waals surface area (Å²) >= 11 is 0. The van der Waals surface area contributed by atoms with Crippen molar-refractivity contribution in [3.8, 4) is 5.88 Å². The van der Waals surface area contributed by atoms with Crippen molar-refractivity contribution in [3.63, 3.8) is 0 Å². The summed E-state index contributed by atoms with van der Waals surface area (Å²) in [7, 11) is 1.84. The molecular formula is C22H29N3O2. The van der Waals surface area contributed by atoms with Gasteiger partial charge < -0.3 is 10.1 Å². The molecule has 0 spiro atoms. The van der Waals surface area contributed by atoms with Crippen molar-refractivity contribution in [2.24, 2.45) is 30.7 Å². The molecule has 5 aliphatic carbocycles. The highest BCUT2D eigenvalue weighted by Gasteiger charge is 2.48. The molecule has 4 bridgehead atoms. The zero-order chi connectivity index (χ0) is 18.4. The van der Waals surface area contributed by atoms with Crippen molar-refractivity contribution in [1.29, 1.82) is 0 Å². The highest BCUT2D eigenvalue weighted by atomic mass is 16.5. The Balaban J connectivity index is 1.27. The zero-order valence-corrected chi connectivity index (χ0v) is 16.1. The number of rotatable bonds is 5. The third-order valence-corrected chi connectivity index (χ3v) is 7.06. The van der Waals surface area contributed by atoms with Gasteiger partial charge in [0.2, 0.25) is 5.88 Å². The molecule has 5 nitrogen and oxygen atoms in total. The van der Waals surface area contributed by atoms with Crippen LogP contribution >= 0.6 is 0 Å². The zero-order valence-electron chi connectivity index (χ0n) is 16.1. The second-order valence-electron chi connectivity index (χ2n) is 9.03. The molecule has 0 aliphatic heterocycles. The van der Waals surface area contributed by atoms with Crippen LogP contribution in [0, 0.1) is 23.7 Å². The van der Waals surface area contributed by atoms with E-state index >= 15 is 0 Å². The summed E-state index contributed by atoms with van der Waals surface area (Å²) < 4.78 is 7.61. The van der Waals surface area contributed by atoms with Crippen LogP contribution in [0.25, 0.3) is 0 Å². The average molecular weight is 367 g/mol. The summed E-state index contributed by atoms with van der Waals surface area (Å²) in [6, 6.07) is 0.338. The maximum atomic E-state index is 13.1. The number of aryl methyl sites for hydroxylation is 1. The number of amides is 1. The van der Waals surface area contributed by atoms with Gasteiger partial charge >= 0.3 is 0 Å². The van der Waals surface area contributed by atoms with Gasteiger partial charge in [0.25, 0.3) is 5.91 Å². The molecule has 1 N–H and O–H groups in total. The highest BCUT2D eigenvalue weighted by Crippen LogP contribution is 2.53. The Hall–Kier alpha value is -2.04. The average Bonchev–Trinajstić information content (AvgIpc) is 3.04. The van der Waals surface area contributed by atoms with Gasteiger partial charge in [-0.05, 0) is 74.2 Å². The highest BCUT2D eigenvalue weighted by molar-refractivity contribution is 5.96. The minimum atomic E-state index is -0.0203. The van der Waals surface area contributed by atoms with Crippen molar-refractivity contribution in [2.45, 2.75) is 51.0 Å². The molecule has 1 amide bonds. The molecule has 0 saturated heterocycles. The molecule has 0 aromatic carbocycles. The predicted octanol–water partition coefficient (Wildman–Crippen LogP) is 3.63. The van der Waals surface area contributed by atoms with Crippen molar-refractivity contribution in [1.82, 2.24) is 15.1 Å². The molecule has 0 atom stereocenters. The van der Waals surface area contributed by atoms with Crippen molar-refractivity contribution < 1.29 is 9.53 Å². The molecule has 1 aromatic rings. The second kappa shape index (κ2) is 6.84. The number of aromatic nitrogens is 2. The van der Waals surface area contributed by atoms with Gasteiger partial charge in [-0.15, -0.1) is 5.10 Å². The Bertz CT molecular complexity index is 763. The number of carbonyl (C=O) groups is 1. The third-order valence-electron chi connectivity index (χ3n) is 7.06. The van der Waals surface area contributed by atoms with Gasteiger partial charge in [0.15, 0.2) is 0 Å². The molecule has 5 heteroatoms. The lowest BCUT2D eigenvalue weighted by molar-refractivity contribution is -0.0119. The Kier molecular flexibility index (Phi) is 4.33.